The fourth-order valence-corrected chi connectivity index (χ4v) is 3.56. The molecule has 1 aromatic heterocycles. The minimum Gasteiger partial charge on any atom is -0.322 e. The number of anilines is 1. The van der Waals surface area contributed by atoms with Gasteiger partial charge in [0.1, 0.15) is 6.33 Å². The van der Waals surface area contributed by atoms with Crippen molar-refractivity contribution in [1.82, 2.24) is 20.2 Å². The molecule has 0 atom stereocenters. The lowest BCUT2D eigenvalue weighted by Gasteiger charge is -2.10. The smallest absolute Gasteiger partial charge is 0.257 e. The molecule has 0 spiro atoms. The Labute approximate surface area is 155 Å². The predicted octanol–water partition coefficient (Wildman–Crippen LogP) is 3.49. The molecule has 1 aliphatic carbocycles. The minimum absolute atomic E-state index is 0.198. The van der Waals surface area contributed by atoms with Crippen molar-refractivity contribution in [3.63, 3.8) is 0 Å². The second kappa shape index (κ2) is 6.17. The van der Waals surface area contributed by atoms with Crippen LogP contribution in [0.4, 0.5) is 5.69 Å². The summed E-state index contributed by atoms with van der Waals surface area (Å²) >= 11 is 0. The van der Waals surface area contributed by atoms with Gasteiger partial charge in [-0.3, -0.25) is 4.79 Å². The van der Waals surface area contributed by atoms with Gasteiger partial charge < -0.3 is 5.32 Å². The first-order valence-electron chi connectivity index (χ1n) is 8.64. The molecule has 0 bridgehead atoms. The lowest BCUT2D eigenvalue weighted by Crippen LogP contribution is -2.15. The number of amides is 1. The third-order valence-corrected chi connectivity index (χ3v) is 4.80. The highest BCUT2D eigenvalue weighted by Crippen LogP contribution is 2.37. The molecule has 6 heteroatoms. The van der Waals surface area contributed by atoms with Gasteiger partial charge in [0.2, 0.25) is 0 Å². The van der Waals surface area contributed by atoms with Gasteiger partial charge in [-0.15, -0.1) is 5.10 Å². The van der Waals surface area contributed by atoms with Gasteiger partial charge in [-0.2, -0.15) is 4.68 Å². The number of hydrogen-bond donors (Lipinski definition) is 1. The van der Waals surface area contributed by atoms with Crippen molar-refractivity contribution >= 4 is 11.6 Å². The van der Waals surface area contributed by atoms with Crippen LogP contribution in [0, 0.1) is 0 Å². The van der Waals surface area contributed by atoms with E-state index >= 15 is 0 Å². The van der Waals surface area contributed by atoms with Crippen LogP contribution in [0.25, 0.3) is 16.8 Å². The zero-order valence-corrected chi connectivity index (χ0v) is 14.3. The molecule has 0 saturated heterocycles. The third kappa shape index (κ3) is 2.67. The first-order valence-corrected chi connectivity index (χ1v) is 8.64. The van der Waals surface area contributed by atoms with Crippen LogP contribution in [0.1, 0.15) is 21.5 Å². The monoisotopic (exact) mass is 353 g/mol. The molecule has 27 heavy (non-hydrogen) atoms. The summed E-state index contributed by atoms with van der Waals surface area (Å²) in [5.74, 6) is -0.198. The Morgan fingerprint density at radius 2 is 1.74 bits per heavy atom. The van der Waals surface area contributed by atoms with Crippen LogP contribution in [0.3, 0.4) is 0 Å². The Kier molecular flexibility index (Phi) is 3.53. The number of carbonyl (C=O) groups is 1. The number of fused-ring (bicyclic) bond motifs is 3. The summed E-state index contributed by atoms with van der Waals surface area (Å²) in [4.78, 5) is 12.9. The number of rotatable bonds is 3. The summed E-state index contributed by atoms with van der Waals surface area (Å²) in [5, 5.41) is 14.2. The first-order chi connectivity index (χ1) is 13.3. The number of hydrogen-bond acceptors (Lipinski definition) is 4. The molecule has 1 aliphatic rings. The van der Waals surface area contributed by atoms with Crippen molar-refractivity contribution in [2.24, 2.45) is 0 Å². The zero-order chi connectivity index (χ0) is 18.2. The average Bonchev–Trinajstić information content (AvgIpc) is 3.35. The van der Waals surface area contributed by atoms with E-state index in [0.717, 1.165) is 12.1 Å². The Balaban J connectivity index is 1.44. The predicted molar refractivity (Wildman–Crippen MR) is 102 cm³/mol. The van der Waals surface area contributed by atoms with E-state index in [9.17, 15) is 4.79 Å². The Morgan fingerprint density at radius 3 is 2.63 bits per heavy atom. The highest BCUT2D eigenvalue weighted by atomic mass is 16.1. The molecule has 0 radical (unpaired) electrons. The van der Waals surface area contributed by atoms with Gasteiger partial charge in [-0.25, -0.2) is 0 Å². The molecular weight excluding hydrogens is 338 g/mol. The number of nitrogens with one attached hydrogen (secondary N) is 1. The van der Waals surface area contributed by atoms with Crippen LogP contribution < -0.4 is 5.32 Å². The number of benzene rings is 3. The largest absolute Gasteiger partial charge is 0.322 e. The minimum atomic E-state index is -0.198. The molecule has 1 amide bonds. The van der Waals surface area contributed by atoms with E-state index < -0.39 is 0 Å². The van der Waals surface area contributed by atoms with Crippen LogP contribution in [0.15, 0.2) is 73.1 Å². The number of tetrazole rings is 1. The molecule has 0 fully saturated rings. The molecule has 0 unspecified atom stereocenters. The number of carbonyl (C=O) groups excluding carboxylic acids is 1. The standard InChI is InChI=1S/C21H15N5O/c27-21(19-7-3-4-8-20(19)26-13-22-24-25-26)23-16-9-10-18-15(12-16)11-14-5-1-2-6-17(14)18/h1-10,12-13H,11H2,(H,23,27). The lowest BCUT2D eigenvalue weighted by molar-refractivity contribution is 0.102. The Morgan fingerprint density at radius 1 is 0.926 bits per heavy atom. The topological polar surface area (TPSA) is 72.7 Å². The molecule has 4 aromatic rings. The highest BCUT2D eigenvalue weighted by Gasteiger charge is 2.19. The molecule has 6 nitrogen and oxygen atoms in total. The van der Waals surface area contributed by atoms with E-state index in [1.54, 1.807) is 6.07 Å². The zero-order valence-electron chi connectivity index (χ0n) is 14.3. The van der Waals surface area contributed by atoms with Crippen LogP contribution in [-0.4, -0.2) is 26.1 Å². The summed E-state index contributed by atoms with van der Waals surface area (Å²) in [6.07, 6.45) is 2.36. The van der Waals surface area contributed by atoms with Gasteiger partial charge in [-0.1, -0.05) is 42.5 Å². The normalized spacial score (nSPS) is 11.7. The summed E-state index contributed by atoms with van der Waals surface area (Å²) in [5.41, 5.74) is 6.97. The summed E-state index contributed by atoms with van der Waals surface area (Å²) < 4.78 is 1.48. The SMILES string of the molecule is O=C(Nc1ccc2c(c1)Cc1ccccc1-2)c1ccccc1-n1cnnn1. The third-order valence-electron chi connectivity index (χ3n) is 4.80. The van der Waals surface area contributed by atoms with Gasteiger partial charge >= 0.3 is 0 Å². The van der Waals surface area contributed by atoms with Gasteiger partial charge in [0, 0.05) is 5.69 Å². The van der Waals surface area contributed by atoms with Gasteiger partial charge in [-0.05, 0) is 63.4 Å². The van der Waals surface area contributed by atoms with Crippen molar-refractivity contribution in [2.75, 3.05) is 5.32 Å². The Bertz CT molecular complexity index is 1150. The quantitative estimate of drug-likeness (QED) is 0.539. The molecule has 0 aliphatic heterocycles. The van der Waals surface area contributed by atoms with Crippen molar-refractivity contribution < 1.29 is 4.79 Å². The first kappa shape index (κ1) is 15.5. The molecule has 0 saturated carbocycles. The summed E-state index contributed by atoms with van der Waals surface area (Å²) in [6.45, 7) is 0. The average molecular weight is 353 g/mol. The maximum absolute atomic E-state index is 12.9. The van der Waals surface area contributed by atoms with Crippen LogP contribution in [0.5, 0.6) is 0 Å². The summed E-state index contributed by atoms with van der Waals surface area (Å²) in [6, 6.07) is 21.7. The molecule has 1 heterocycles. The lowest BCUT2D eigenvalue weighted by atomic mass is 10.1. The van der Waals surface area contributed by atoms with Gasteiger partial charge in [0.15, 0.2) is 0 Å². The molecule has 3 aromatic carbocycles. The van der Waals surface area contributed by atoms with E-state index in [1.165, 1.54) is 33.3 Å². The van der Waals surface area contributed by atoms with E-state index in [0.29, 0.717) is 11.3 Å². The van der Waals surface area contributed by atoms with E-state index in [4.69, 9.17) is 0 Å². The van der Waals surface area contributed by atoms with Crippen LogP contribution >= 0.6 is 0 Å². The molecule has 1 N–H and O–H groups in total. The summed E-state index contributed by atoms with van der Waals surface area (Å²) in [7, 11) is 0. The fourth-order valence-electron chi connectivity index (χ4n) is 3.56. The molecule has 130 valence electrons. The van der Waals surface area contributed by atoms with Crippen LogP contribution in [-0.2, 0) is 6.42 Å². The number of para-hydroxylation sites is 1. The van der Waals surface area contributed by atoms with E-state index in [1.807, 2.05) is 30.3 Å². The maximum Gasteiger partial charge on any atom is 0.257 e. The number of nitrogens with zero attached hydrogens (tertiary/aromatic N) is 4. The molecule has 5 rings (SSSR count). The maximum atomic E-state index is 12.9. The second-order valence-electron chi connectivity index (χ2n) is 6.43. The van der Waals surface area contributed by atoms with Crippen molar-refractivity contribution in [2.45, 2.75) is 6.42 Å². The van der Waals surface area contributed by atoms with E-state index in [-0.39, 0.29) is 5.91 Å². The highest BCUT2D eigenvalue weighted by molar-refractivity contribution is 6.07. The van der Waals surface area contributed by atoms with Gasteiger partial charge in [0.05, 0.1) is 11.3 Å². The van der Waals surface area contributed by atoms with Crippen molar-refractivity contribution in [1.29, 1.82) is 0 Å². The molecular formula is C21H15N5O. The van der Waals surface area contributed by atoms with Gasteiger partial charge in [0.25, 0.3) is 5.91 Å². The Hall–Kier alpha value is -3.80. The second-order valence-corrected chi connectivity index (χ2v) is 6.43. The number of aromatic nitrogens is 4. The van der Waals surface area contributed by atoms with Crippen molar-refractivity contribution in [3.05, 3.63) is 89.7 Å². The van der Waals surface area contributed by atoms with Crippen LogP contribution in [0.2, 0.25) is 0 Å². The van der Waals surface area contributed by atoms with E-state index in [2.05, 4.69) is 51.2 Å². The van der Waals surface area contributed by atoms with Crippen molar-refractivity contribution in [3.8, 4) is 16.8 Å². The fraction of sp³-hybridized carbons (Fsp3) is 0.0476.